The van der Waals surface area contributed by atoms with Crippen LogP contribution in [0.15, 0.2) is 18.3 Å². The van der Waals surface area contributed by atoms with Crippen LogP contribution in [0.5, 0.6) is 0 Å². The summed E-state index contributed by atoms with van der Waals surface area (Å²) in [5, 5.41) is 10.6. The summed E-state index contributed by atoms with van der Waals surface area (Å²) in [5.74, 6) is 2.77. The molecule has 0 bridgehead atoms. The van der Waals surface area contributed by atoms with E-state index in [1.54, 1.807) is 6.20 Å². The Morgan fingerprint density at radius 3 is 2.95 bits per heavy atom. The average molecular weight is 258 g/mol. The number of aromatic nitrogens is 4. The molecule has 0 aliphatic heterocycles. The maximum absolute atomic E-state index is 5.52. The van der Waals surface area contributed by atoms with Crippen LogP contribution in [0.2, 0.25) is 0 Å². The molecule has 0 saturated heterocycles. The summed E-state index contributed by atoms with van der Waals surface area (Å²) in [6, 6.07) is 3.88. The van der Waals surface area contributed by atoms with Gasteiger partial charge in [0.25, 0.3) is 0 Å². The minimum Gasteiger partial charge on any atom is -0.324 e. The molecule has 1 fully saturated rings. The molecular formula is C13H18N6. The molecule has 19 heavy (non-hydrogen) atoms. The van der Waals surface area contributed by atoms with Crippen molar-refractivity contribution in [2.24, 2.45) is 5.73 Å². The molecule has 4 N–H and O–H groups in total. The maximum atomic E-state index is 5.52. The fourth-order valence-electron chi connectivity index (χ4n) is 2.54. The fourth-order valence-corrected chi connectivity index (χ4v) is 2.54. The van der Waals surface area contributed by atoms with Crippen molar-refractivity contribution in [1.29, 1.82) is 0 Å². The molecule has 2 aromatic rings. The number of rotatable bonds is 4. The van der Waals surface area contributed by atoms with E-state index in [4.69, 9.17) is 5.73 Å². The zero-order valence-electron chi connectivity index (χ0n) is 10.8. The Balaban J connectivity index is 1.72. The number of hydrogen-bond acceptors (Lipinski definition) is 5. The first-order chi connectivity index (χ1) is 9.35. The molecule has 2 aromatic heterocycles. The van der Waals surface area contributed by atoms with Gasteiger partial charge in [0.1, 0.15) is 11.6 Å². The van der Waals surface area contributed by atoms with Crippen molar-refractivity contribution >= 4 is 11.6 Å². The third-order valence-corrected chi connectivity index (χ3v) is 3.54. The molecule has 6 heteroatoms. The first-order valence-corrected chi connectivity index (χ1v) is 6.69. The molecular weight excluding hydrogens is 240 g/mol. The Hall–Kier alpha value is -1.95. The lowest BCUT2D eigenvalue weighted by Crippen LogP contribution is -2.04. The zero-order valence-corrected chi connectivity index (χ0v) is 10.8. The molecule has 0 unspecified atom stereocenters. The summed E-state index contributed by atoms with van der Waals surface area (Å²) in [5.41, 5.74) is 6.74. The highest BCUT2D eigenvalue weighted by Crippen LogP contribution is 2.33. The van der Waals surface area contributed by atoms with E-state index < -0.39 is 0 Å². The van der Waals surface area contributed by atoms with Crippen molar-refractivity contribution in [3.63, 3.8) is 0 Å². The van der Waals surface area contributed by atoms with Gasteiger partial charge in [-0.05, 0) is 18.9 Å². The third kappa shape index (κ3) is 2.73. The Kier molecular flexibility index (Phi) is 3.41. The molecule has 1 aliphatic rings. The largest absolute Gasteiger partial charge is 0.324 e. The topological polar surface area (TPSA) is 92.5 Å². The van der Waals surface area contributed by atoms with E-state index in [1.165, 1.54) is 31.4 Å². The minimum absolute atomic E-state index is 0.337. The summed E-state index contributed by atoms with van der Waals surface area (Å²) in [6.07, 6.45) is 6.84. The Morgan fingerprint density at radius 1 is 1.32 bits per heavy atom. The van der Waals surface area contributed by atoms with Gasteiger partial charge in [0.05, 0.1) is 6.54 Å². The van der Waals surface area contributed by atoms with Crippen molar-refractivity contribution in [3.05, 3.63) is 29.8 Å². The lowest BCUT2D eigenvalue weighted by Gasteiger charge is -2.04. The maximum Gasteiger partial charge on any atom is 0.153 e. The van der Waals surface area contributed by atoms with E-state index in [1.807, 2.05) is 6.07 Å². The van der Waals surface area contributed by atoms with Crippen molar-refractivity contribution in [2.45, 2.75) is 38.1 Å². The predicted octanol–water partition coefficient (Wildman–Crippen LogP) is 2.06. The van der Waals surface area contributed by atoms with E-state index in [0.717, 1.165) is 11.6 Å². The number of hydrogen-bond donors (Lipinski definition) is 3. The second-order valence-corrected chi connectivity index (χ2v) is 4.88. The lowest BCUT2D eigenvalue weighted by atomic mass is 10.0. The van der Waals surface area contributed by atoms with E-state index in [0.29, 0.717) is 18.3 Å². The molecule has 2 heterocycles. The van der Waals surface area contributed by atoms with Crippen molar-refractivity contribution in [3.8, 4) is 0 Å². The second-order valence-electron chi connectivity index (χ2n) is 4.88. The second kappa shape index (κ2) is 5.36. The van der Waals surface area contributed by atoms with E-state index in [9.17, 15) is 0 Å². The van der Waals surface area contributed by atoms with Crippen molar-refractivity contribution in [1.82, 2.24) is 20.2 Å². The normalized spacial score (nSPS) is 15.8. The third-order valence-electron chi connectivity index (χ3n) is 3.54. The molecule has 1 aliphatic carbocycles. The Bertz CT molecular complexity index is 544. The number of nitrogens with zero attached hydrogens (tertiary/aromatic N) is 3. The molecule has 1 saturated carbocycles. The minimum atomic E-state index is 0.337. The van der Waals surface area contributed by atoms with Crippen LogP contribution in [0.25, 0.3) is 0 Å². The van der Waals surface area contributed by atoms with Gasteiger partial charge >= 0.3 is 0 Å². The van der Waals surface area contributed by atoms with Crippen LogP contribution in [0.4, 0.5) is 11.6 Å². The van der Waals surface area contributed by atoms with Gasteiger partial charge in [0, 0.05) is 23.9 Å². The average Bonchev–Trinajstić information content (AvgIpc) is 3.09. The highest BCUT2D eigenvalue weighted by Gasteiger charge is 2.19. The van der Waals surface area contributed by atoms with Gasteiger partial charge in [-0.3, -0.25) is 5.10 Å². The molecule has 0 radical (unpaired) electrons. The number of H-pyrrole nitrogens is 1. The molecule has 6 nitrogen and oxygen atoms in total. The highest BCUT2D eigenvalue weighted by atomic mass is 15.2. The first kappa shape index (κ1) is 12.1. The van der Waals surface area contributed by atoms with Gasteiger partial charge < -0.3 is 11.1 Å². The van der Waals surface area contributed by atoms with Crippen LogP contribution in [-0.4, -0.2) is 20.2 Å². The molecule has 0 aromatic carbocycles. The van der Waals surface area contributed by atoms with Gasteiger partial charge in [0.15, 0.2) is 5.82 Å². The molecule has 0 amide bonds. The predicted molar refractivity (Wildman–Crippen MR) is 73.0 cm³/mol. The molecule has 3 rings (SSSR count). The Morgan fingerprint density at radius 2 is 2.16 bits per heavy atom. The van der Waals surface area contributed by atoms with Crippen LogP contribution in [0.3, 0.4) is 0 Å². The van der Waals surface area contributed by atoms with Crippen LogP contribution in [0, 0.1) is 0 Å². The summed E-state index contributed by atoms with van der Waals surface area (Å²) in [4.78, 5) is 8.36. The van der Waals surface area contributed by atoms with Gasteiger partial charge in [-0.15, -0.1) is 0 Å². The highest BCUT2D eigenvalue weighted by molar-refractivity contribution is 5.51. The lowest BCUT2D eigenvalue weighted by molar-refractivity contribution is 0.693. The van der Waals surface area contributed by atoms with Crippen molar-refractivity contribution in [2.75, 3.05) is 5.32 Å². The summed E-state index contributed by atoms with van der Waals surface area (Å²) < 4.78 is 0. The van der Waals surface area contributed by atoms with Crippen LogP contribution >= 0.6 is 0 Å². The van der Waals surface area contributed by atoms with E-state index in [2.05, 4.69) is 31.5 Å². The number of nitrogens with one attached hydrogen (secondary N) is 2. The van der Waals surface area contributed by atoms with Gasteiger partial charge in [-0.25, -0.2) is 9.97 Å². The van der Waals surface area contributed by atoms with Crippen LogP contribution in [-0.2, 0) is 6.54 Å². The monoisotopic (exact) mass is 258 g/mol. The van der Waals surface area contributed by atoms with Gasteiger partial charge in [-0.1, -0.05) is 12.8 Å². The van der Waals surface area contributed by atoms with Crippen LogP contribution in [0.1, 0.15) is 43.1 Å². The van der Waals surface area contributed by atoms with Gasteiger partial charge in [0.2, 0.25) is 0 Å². The fraction of sp³-hybridized carbons (Fsp3) is 0.462. The van der Waals surface area contributed by atoms with Crippen LogP contribution < -0.4 is 11.1 Å². The zero-order chi connectivity index (χ0) is 13.1. The summed E-state index contributed by atoms with van der Waals surface area (Å²) >= 11 is 0. The standard InChI is InChI=1S/C13H18N6/c14-8-13-15-6-5-11(17-13)16-12-7-10(18-19-12)9-3-1-2-4-9/h5-7,9H,1-4,8,14H2,(H2,15,16,17,18,19). The summed E-state index contributed by atoms with van der Waals surface area (Å²) in [6.45, 7) is 0.337. The smallest absolute Gasteiger partial charge is 0.153 e. The molecule has 0 atom stereocenters. The van der Waals surface area contributed by atoms with Crippen molar-refractivity contribution < 1.29 is 0 Å². The van der Waals surface area contributed by atoms with E-state index in [-0.39, 0.29) is 0 Å². The number of anilines is 2. The quantitative estimate of drug-likeness (QED) is 0.780. The SMILES string of the molecule is NCc1nccc(Nc2cc(C3CCCC3)[nH]n2)n1. The Labute approximate surface area is 111 Å². The first-order valence-electron chi connectivity index (χ1n) is 6.69. The molecule has 100 valence electrons. The van der Waals surface area contributed by atoms with Gasteiger partial charge in [-0.2, -0.15) is 5.10 Å². The molecule has 0 spiro atoms. The summed E-state index contributed by atoms with van der Waals surface area (Å²) in [7, 11) is 0. The number of nitrogens with two attached hydrogens (primary N) is 1. The number of aromatic amines is 1. The van der Waals surface area contributed by atoms with E-state index >= 15 is 0 Å².